The van der Waals surface area contributed by atoms with Gasteiger partial charge in [-0.25, -0.2) is 8.42 Å². The van der Waals surface area contributed by atoms with E-state index in [1.54, 1.807) is 54.6 Å². The van der Waals surface area contributed by atoms with E-state index in [0.717, 1.165) is 0 Å². The highest BCUT2D eigenvalue weighted by molar-refractivity contribution is 7.89. The lowest BCUT2D eigenvalue weighted by atomic mass is 9.98. The molecule has 1 heterocycles. The Kier molecular flexibility index (Phi) is 5.42. The molecule has 0 spiro atoms. The molecule has 132 valence electrons. The average Bonchev–Trinajstić information content (AvgIpc) is 2.64. The number of rotatable bonds is 4. The van der Waals surface area contributed by atoms with E-state index < -0.39 is 10.0 Å². The molecule has 0 bridgehead atoms. The van der Waals surface area contributed by atoms with Crippen molar-refractivity contribution in [3.63, 3.8) is 0 Å². The fourth-order valence-corrected chi connectivity index (χ4v) is 4.39. The summed E-state index contributed by atoms with van der Waals surface area (Å²) in [5.74, 6) is -0.203. The van der Waals surface area contributed by atoms with E-state index in [0.29, 0.717) is 36.7 Å². The highest BCUT2D eigenvalue weighted by atomic mass is 35.5. The molecule has 3 rings (SSSR count). The quantitative estimate of drug-likeness (QED) is 0.603. The normalized spacial score (nSPS) is 16.5. The Morgan fingerprint density at radius 1 is 1.00 bits per heavy atom. The maximum Gasteiger partial charge on any atom is 0.314 e. The second-order valence-electron chi connectivity index (χ2n) is 5.87. The lowest BCUT2D eigenvalue weighted by Crippen LogP contribution is -2.41. The number of benzene rings is 2. The average molecular weight is 380 g/mol. The molecule has 0 radical (unpaired) electrons. The topological polar surface area (TPSA) is 63.7 Å². The zero-order valence-electron chi connectivity index (χ0n) is 13.5. The third-order valence-corrected chi connectivity index (χ3v) is 6.37. The molecule has 0 unspecified atom stereocenters. The highest BCUT2D eigenvalue weighted by Gasteiger charge is 2.32. The molecule has 0 N–H and O–H groups in total. The second kappa shape index (κ2) is 7.56. The van der Waals surface area contributed by atoms with Crippen LogP contribution in [-0.4, -0.2) is 31.8 Å². The van der Waals surface area contributed by atoms with E-state index in [1.165, 1.54) is 4.31 Å². The Balaban J connectivity index is 1.60. The van der Waals surface area contributed by atoms with Gasteiger partial charge in [-0.1, -0.05) is 29.8 Å². The zero-order valence-corrected chi connectivity index (χ0v) is 15.0. The van der Waals surface area contributed by atoms with E-state index in [-0.39, 0.29) is 16.8 Å². The molecule has 1 fully saturated rings. The molecule has 0 amide bonds. The van der Waals surface area contributed by atoms with Crippen LogP contribution >= 0.6 is 11.6 Å². The highest BCUT2D eigenvalue weighted by Crippen LogP contribution is 2.25. The fourth-order valence-electron chi connectivity index (χ4n) is 2.78. The number of hydrogen-bond acceptors (Lipinski definition) is 4. The number of piperidine rings is 1. The number of halogens is 1. The Morgan fingerprint density at radius 2 is 1.60 bits per heavy atom. The third-order valence-electron chi connectivity index (χ3n) is 4.20. The van der Waals surface area contributed by atoms with Crippen LogP contribution in [0, 0.1) is 5.92 Å². The van der Waals surface area contributed by atoms with Gasteiger partial charge in [0.25, 0.3) is 0 Å². The number of nitrogens with zero attached hydrogens (tertiary/aromatic N) is 1. The molecule has 0 aliphatic carbocycles. The Labute approximate surface area is 152 Å². The van der Waals surface area contributed by atoms with Gasteiger partial charge in [-0.3, -0.25) is 4.79 Å². The van der Waals surface area contributed by atoms with Crippen LogP contribution in [0.4, 0.5) is 0 Å². The number of sulfonamides is 1. The summed E-state index contributed by atoms with van der Waals surface area (Å²) in [7, 11) is -3.51. The molecule has 7 heteroatoms. The minimum absolute atomic E-state index is 0.275. The summed E-state index contributed by atoms with van der Waals surface area (Å²) in [6.07, 6.45) is 0.886. The molecule has 1 saturated heterocycles. The molecule has 1 aliphatic rings. The van der Waals surface area contributed by atoms with Crippen molar-refractivity contribution >= 4 is 27.6 Å². The van der Waals surface area contributed by atoms with Gasteiger partial charge in [0.05, 0.1) is 10.8 Å². The molecule has 0 saturated carbocycles. The van der Waals surface area contributed by atoms with Crippen molar-refractivity contribution in [2.45, 2.75) is 17.7 Å². The largest absolute Gasteiger partial charge is 0.426 e. The van der Waals surface area contributed by atoms with Crippen LogP contribution in [0.5, 0.6) is 5.75 Å². The predicted octanol–water partition coefficient (Wildman–Crippen LogP) is 3.35. The number of carbonyl (C=O) groups is 1. The van der Waals surface area contributed by atoms with Gasteiger partial charge in [0.2, 0.25) is 10.0 Å². The van der Waals surface area contributed by atoms with Crippen molar-refractivity contribution in [2.24, 2.45) is 5.92 Å². The van der Waals surface area contributed by atoms with Gasteiger partial charge in [-0.15, -0.1) is 0 Å². The number of ether oxygens (including phenoxy) is 1. The van der Waals surface area contributed by atoms with Gasteiger partial charge in [0.1, 0.15) is 5.75 Å². The van der Waals surface area contributed by atoms with Crippen molar-refractivity contribution < 1.29 is 17.9 Å². The minimum Gasteiger partial charge on any atom is -0.426 e. The van der Waals surface area contributed by atoms with Crippen LogP contribution in [0.2, 0.25) is 5.02 Å². The Bertz CT molecular complexity index is 829. The van der Waals surface area contributed by atoms with Gasteiger partial charge < -0.3 is 4.74 Å². The lowest BCUT2D eigenvalue weighted by molar-refractivity contribution is -0.140. The van der Waals surface area contributed by atoms with E-state index in [2.05, 4.69) is 0 Å². The summed E-state index contributed by atoms with van der Waals surface area (Å²) in [6, 6.07) is 14.9. The molecule has 0 atom stereocenters. The summed E-state index contributed by atoms with van der Waals surface area (Å²) in [5.41, 5.74) is 0. The maximum absolute atomic E-state index is 12.6. The van der Waals surface area contributed by atoms with Crippen LogP contribution in [-0.2, 0) is 14.8 Å². The summed E-state index contributed by atoms with van der Waals surface area (Å²) in [5, 5.41) is 0.569. The number of carbonyl (C=O) groups excluding carboxylic acids is 1. The predicted molar refractivity (Wildman–Crippen MR) is 95.0 cm³/mol. The third kappa shape index (κ3) is 4.21. The van der Waals surface area contributed by atoms with Crippen molar-refractivity contribution in [3.8, 4) is 5.75 Å². The van der Waals surface area contributed by atoms with Gasteiger partial charge in [0, 0.05) is 18.1 Å². The first-order valence-electron chi connectivity index (χ1n) is 7.99. The maximum atomic E-state index is 12.6. The van der Waals surface area contributed by atoms with Crippen LogP contribution in [0.3, 0.4) is 0 Å². The molecule has 2 aromatic carbocycles. The van der Waals surface area contributed by atoms with Crippen molar-refractivity contribution in [3.05, 3.63) is 59.6 Å². The standard InChI is InChI=1S/C18H18ClNO4S/c19-15-6-8-16(9-7-15)24-18(21)14-10-12-20(13-11-14)25(22,23)17-4-2-1-3-5-17/h1-9,14H,10-13H2. The van der Waals surface area contributed by atoms with Crippen molar-refractivity contribution in [1.82, 2.24) is 4.31 Å². The van der Waals surface area contributed by atoms with E-state index in [4.69, 9.17) is 16.3 Å². The fraction of sp³-hybridized carbons (Fsp3) is 0.278. The SMILES string of the molecule is O=C(Oc1ccc(Cl)cc1)C1CCN(S(=O)(=O)c2ccccc2)CC1. The number of esters is 1. The van der Waals surface area contributed by atoms with Crippen LogP contribution < -0.4 is 4.74 Å². The first-order chi connectivity index (χ1) is 12.0. The zero-order chi connectivity index (χ0) is 17.9. The molecule has 1 aliphatic heterocycles. The molecule has 2 aromatic rings. The molecular weight excluding hydrogens is 362 g/mol. The second-order valence-corrected chi connectivity index (χ2v) is 8.24. The molecule has 0 aromatic heterocycles. The van der Waals surface area contributed by atoms with Crippen molar-refractivity contribution in [1.29, 1.82) is 0 Å². The Morgan fingerprint density at radius 3 is 2.20 bits per heavy atom. The van der Waals surface area contributed by atoms with E-state index >= 15 is 0 Å². The summed E-state index contributed by atoms with van der Waals surface area (Å²) >= 11 is 5.80. The van der Waals surface area contributed by atoms with Crippen molar-refractivity contribution in [2.75, 3.05) is 13.1 Å². The number of hydrogen-bond donors (Lipinski definition) is 0. The first-order valence-corrected chi connectivity index (χ1v) is 9.81. The van der Waals surface area contributed by atoms with Crippen LogP contribution in [0.25, 0.3) is 0 Å². The van der Waals surface area contributed by atoms with Gasteiger partial charge >= 0.3 is 5.97 Å². The monoisotopic (exact) mass is 379 g/mol. The van der Waals surface area contributed by atoms with Gasteiger partial charge in [-0.2, -0.15) is 4.31 Å². The molecule has 5 nitrogen and oxygen atoms in total. The van der Waals surface area contributed by atoms with E-state index in [1.807, 2.05) is 0 Å². The lowest BCUT2D eigenvalue weighted by Gasteiger charge is -2.30. The van der Waals surface area contributed by atoms with Gasteiger partial charge in [0.15, 0.2) is 0 Å². The summed E-state index contributed by atoms with van der Waals surface area (Å²) in [6.45, 7) is 0.606. The smallest absolute Gasteiger partial charge is 0.314 e. The van der Waals surface area contributed by atoms with Gasteiger partial charge in [-0.05, 0) is 49.2 Å². The summed E-state index contributed by atoms with van der Waals surface area (Å²) in [4.78, 5) is 12.5. The van der Waals surface area contributed by atoms with E-state index in [9.17, 15) is 13.2 Å². The van der Waals surface area contributed by atoms with Crippen LogP contribution in [0.1, 0.15) is 12.8 Å². The molecule has 25 heavy (non-hydrogen) atoms. The van der Waals surface area contributed by atoms with Crippen LogP contribution in [0.15, 0.2) is 59.5 Å². The molecular formula is C18H18ClNO4S. The Hall–Kier alpha value is -1.89. The summed E-state index contributed by atoms with van der Waals surface area (Å²) < 4.78 is 31.9. The first kappa shape index (κ1) is 17.9. The minimum atomic E-state index is -3.51.